The quantitative estimate of drug-likeness (QED) is 0.365. The Morgan fingerprint density at radius 2 is 1.82 bits per heavy atom. The van der Waals surface area contributed by atoms with Gasteiger partial charge in [0.25, 0.3) is 5.56 Å². The number of hydrogen-bond donors (Lipinski definition) is 0. The van der Waals surface area contributed by atoms with Crippen LogP contribution in [0.5, 0.6) is 11.5 Å². The molecule has 1 atom stereocenters. The van der Waals surface area contributed by atoms with E-state index in [1.54, 1.807) is 43.5 Å². The van der Waals surface area contributed by atoms with E-state index >= 15 is 0 Å². The summed E-state index contributed by atoms with van der Waals surface area (Å²) < 4.78 is 19.2. The maximum atomic E-state index is 13.8. The molecule has 2 heterocycles. The number of allylic oxidation sites excluding steroid dienone is 1. The largest absolute Gasteiger partial charge is 0.490 e. The molecule has 38 heavy (non-hydrogen) atoms. The van der Waals surface area contributed by atoms with E-state index in [4.69, 9.17) is 25.8 Å². The number of aromatic nitrogens is 1. The van der Waals surface area contributed by atoms with Gasteiger partial charge >= 0.3 is 5.97 Å². The summed E-state index contributed by atoms with van der Waals surface area (Å²) in [5, 5.41) is 0.558. The fourth-order valence-electron chi connectivity index (χ4n) is 4.21. The van der Waals surface area contributed by atoms with Gasteiger partial charge in [-0.25, -0.2) is 9.79 Å². The summed E-state index contributed by atoms with van der Waals surface area (Å²) in [5.74, 6) is 0.751. The number of ether oxygens (including phenoxy) is 3. The number of rotatable bonds is 8. The third-order valence-electron chi connectivity index (χ3n) is 5.70. The lowest BCUT2D eigenvalue weighted by molar-refractivity contribution is -0.143. The Kier molecular flexibility index (Phi) is 8.43. The molecular weight excluding hydrogens is 524 g/mol. The fraction of sp³-hybridized carbons (Fsp3) is 0.345. The van der Waals surface area contributed by atoms with Crippen LogP contribution in [0.1, 0.15) is 58.7 Å². The first-order valence-corrected chi connectivity index (χ1v) is 13.7. The first-order chi connectivity index (χ1) is 18.1. The Morgan fingerprint density at radius 3 is 2.45 bits per heavy atom. The normalized spacial score (nSPS) is 15.5. The van der Waals surface area contributed by atoms with Crippen molar-refractivity contribution >= 4 is 35.0 Å². The Morgan fingerprint density at radius 1 is 1.11 bits per heavy atom. The van der Waals surface area contributed by atoms with E-state index < -0.39 is 12.0 Å². The van der Waals surface area contributed by atoms with Crippen LogP contribution in [0.15, 0.2) is 63.5 Å². The van der Waals surface area contributed by atoms with Gasteiger partial charge in [-0.1, -0.05) is 41.1 Å². The third-order valence-corrected chi connectivity index (χ3v) is 6.93. The van der Waals surface area contributed by atoms with E-state index in [0.717, 1.165) is 11.1 Å². The minimum atomic E-state index is -0.697. The van der Waals surface area contributed by atoms with Gasteiger partial charge in [-0.05, 0) is 83.0 Å². The highest BCUT2D eigenvalue weighted by atomic mass is 35.5. The van der Waals surface area contributed by atoms with Gasteiger partial charge < -0.3 is 14.2 Å². The zero-order valence-electron chi connectivity index (χ0n) is 22.3. The molecule has 2 aromatic carbocycles. The van der Waals surface area contributed by atoms with Crippen LogP contribution in [0.25, 0.3) is 6.08 Å². The van der Waals surface area contributed by atoms with Gasteiger partial charge in [0.15, 0.2) is 16.3 Å². The molecule has 7 nitrogen and oxygen atoms in total. The molecule has 0 saturated heterocycles. The molecule has 0 radical (unpaired) electrons. The zero-order valence-corrected chi connectivity index (χ0v) is 23.9. The number of fused-ring (bicyclic) bond motifs is 1. The van der Waals surface area contributed by atoms with Crippen molar-refractivity contribution < 1.29 is 19.0 Å². The molecule has 4 rings (SSSR count). The minimum absolute atomic E-state index is 0.00330. The molecule has 0 bridgehead atoms. The highest BCUT2D eigenvalue weighted by Crippen LogP contribution is 2.32. The first-order valence-electron chi connectivity index (χ1n) is 12.5. The van der Waals surface area contributed by atoms with E-state index in [-0.39, 0.29) is 17.8 Å². The molecule has 0 amide bonds. The van der Waals surface area contributed by atoms with E-state index in [1.165, 1.54) is 11.3 Å². The maximum absolute atomic E-state index is 13.8. The van der Waals surface area contributed by atoms with Crippen molar-refractivity contribution in [2.24, 2.45) is 4.99 Å². The molecule has 1 unspecified atom stereocenters. The van der Waals surface area contributed by atoms with Gasteiger partial charge in [0.05, 0.1) is 40.7 Å². The van der Waals surface area contributed by atoms with Crippen molar-refractivity contribution in [1.29, 1.82) is 0 Å². The zero-order chi connectivity index (χ0) is 27.6. The van der Waals surface area contributed by atoms with Crippen LogP contribution in [0.2, 0.25) is 5.02 Å². The van der Waals surface area contributed by atoms with Crippen LogP contribution < -0.4 is 24.4 Å². The van der Waals surface area contributed by atoms with Gasteiger partial charge in [0.1, 0.15) is 0 Å². The summed E-state index contributed by atoms with van der Waals surface area (Å²) in [6.45, 7) is 11.6. The molecule has 9 heteroatoms. The van der Waals surface area contributed by atoms with Crippen LogP contribution in [-0.4, -0.2) is 29.4 Å². The monoisotopic (exact) mass is 554 g/mol. The second-order valence-electron chi connectivity index (χ2n) is 9.39. The minimum Gasteiger partial charge on any atom is -0.490 e. The summed E-state index contributed by atoms with van der Waals surface area (Å²) >= 11 is 7.40. The van der Waals surface area contributed by atoms with E-state index in [1.807, 2.05) is 51.1 Å². The number of hydrogen-bond acceptors (Lipinski definition) is 7. The van der Waals surface area contributed by atoms with Gasteiger partial charge in [-0.15, -0.1) is 0 Å². The topological polar surface area (TPSA) is 79.1 Å². The van der Waals surface area contributed by atoms with E-state index in [0.29, 0.717) is 43.7 Å². The van der Waals surface area contributed by atoms with E-state index in [9.17, 15) is 9.59 Å². The Bertz CT molecular complexity index is 1550. The summed E-state index contributed by atoms with van der Waals surface area (Å²) in [6, 6.07) is 12.0. The van der Waals surface area contributed by atoms with Crippen molar-refractivity contribution in [3.63, 3.8) is 0 Å². The van der Waals surface area contributed by atoms with E-state index in [2.05, 4.69) is 4.99 Å². The van der Waals surface area contributed by atoms with Crippen molar-refractivity contribution in [3.8, 4) is 11.5 Å². The maximum Gasteiger partial charge on any atom is 0.338 e. The standard InChI is InChI=1S/C29H31ClN2O5S/c1-7-35-23-14-19(8-13-22(23)36-16(2)3)15-24-27(33)32-26(20-9-11-21(30)12-10-20)25(28(34)37-17(4)5)18(6)31-29(32)38-24/h8-17,26H,7H2,1-6H3. The van der Waals surface area contributed by atoms with Gasteiger partial charge in [-0.2, -0.15) is 0 Å². The average molecular weight is 555 g/mol. The molecule has 200 valence electrons. The molecule has 0 saturated carbocycles. The second-order valence-corrected chi connectivity index (χ2v) is 10.8. The van der Waals surface area contributed by atoms with Crippen molar-refractivity contribution in [1.82, 2.24) is 4.57 Å². The predicted molar refractivity (Wildman–Crippen MR) is 150 cm³/mol. The fourth-order valence-corrected chi connectivity index (χ4v) is 5.38. The van der Waals surface area contributed by atoms with Crippen molar-refractivity contribution in [2.75, 3.05) is 6.61 Å². The number of esters is 1. The molecule has 0 N–H and O–H groups in total. The molecule has 1 aliphatic heterocycles. The highest BCUT2D eigenvalue weighted by Gasteiger charge is 2.33. The van der Waals surface area contributed by atoms with Gasteiger partial charge in [0, 0.05) is 5.02 Å². The SMILES string of the molecule is CCOc1cc(C=c2sc3n(c2=O)C(c2ccc(Cl)cc2)C(C(=O)OC(C)C)=C(C)N=3)ccc1OC(C)C. The molecule has 0 aliphatic carbocycles. The lowest BCUT2D eigenvalue weighted by atomic mass is 9.96. The Balaban J connectivity index is 1.87. The number of carbonyl (C=O) groups excluding carboxylic acids is 1. The Labute approximate surface area is 230 Å². The summed E-state index contributed by atoms with van der Waals surface area (Å²) in [6.07, 6.45) is 1.48. The number of thiazole rings is 1. The average Bonchev–Trinajstić information content (AvgIpc) is 3.14. The number of benzene rings is 2. The van der Waals surface area contributed by atoms with Crippen LogP contribution in [0.3, 0.4) is 0 Å². The molecule has 0 fully saturated rings. The molecule has 1 aromatic heterocycles. The molecule has 3 aromatic rings. The molecule has 0 spiro atoms. The summed E-state index contributed by atoms with van der Waals surface area (Å²) in [4.78, 5) is 32.1. The lowest BCUT2D eigenvalue weighted by Gasteiger charge is -2.25. The van der Waals surface area contributed by atoms with Crippen LogP contribution >= 0.6 is 22.9 Å². The summed E-state index contributed by atoms with van der Waals surface area (Å²) in [5.41, 5.74) is 2.11. The van der Waals surface area contributed by atoms with Crippen molar-refractivity contribution in [2.45, 2.75) is 59.8 Å². The third kappa shape index (κ3) is 5.87. The van der Waals surface area contributed by atoms with Gasteiger partial charge in [-0.3, -0.25) is 9.36 Å². The summed E-state index contributed by atoms with van der Waals surface area (Å²) in [7, 11) is 0. The second kappa shape index (κ2) is 11.6. The molecule has 1 aliphatic rings. The van der Waals surface area contributed by atoms with Crippen molar-refractivity contribution in [3.05, 3.63) is 89.6 Å². The lowest BCUT2D eigenvalue weighted by Crippen LogP contribution is -2.40. The predicted octanol–water partition coefficient (Wildman–Crippen LogP) is 5.03. The highest BCUT2D eigenvalue weighted by molar-refractivity contribution is 7.07. The van der Waals surface area contributed by atoms with Crippen LogP contribution in [-0.2, 0) is 9.53 Å². The van der Waals surface area contributed by atoms with Crippen LogP contribution in [0, 0.1) is 0 Å². The number of nitrogens with zero attached hydrogens (tertiary/aromatic N) is 2. The number of carbonyl (C=O) groups is 1. The van der Waals surface area contributed by atoms with Gasteiger partial charge in [0.2, 0.25) is 0 Å². The van der Waals surface area contributed by atoms with Crippen LogP contribution in [0.4, 0.5) is 0 Å². The first kappa shape index (κ1) is 27.7. The molecular formula is C29H31ClN2O5S. The smallest absolute Gasteiger partial charge is 0.338 e. The Hall–Kier alpha value is -3.36. The number of halogens is 1.